The molecule has 0 aromatic carbocycles. The first-order valence-corrected chi connectivity index (χ1v) is 6.31. The summed E-state index contributed by atoms with van der Waals surface area (Å²) in [6.45, 7) is 7.63. The van der Waals surface area contributed by atoms with Crippen LogP contribution in [0.2, 0.25) is 0 Å². The van der Waals surface area contributed by atoms with Gasteiger partial charge in [-0.25, -0.2) is 0 Å². The summed E-state index contributed by atoms with van der Waals surface area (Å²) in [5, 5.41) is 3.46. The molecule has 0 bridgehead atoms. The van der Waals surface area contributed by atoms with Crippen LogP contribution in [0.5, 0.6) is 0 Å². The molecule has 2 nitrogen and oxygen atoms in total. The van der Waals surface area contributed by atoms with Crippen LogP contribution in [0.15, 0.2) is 0 Å². The zero-order chi connectivity index (χ0) is 9.80. The quantitative estimate of drug-likeness (QED) is 0.741. The largest absolute Gasteiger partial charge is 0.316 e. The van der Waals surface area contributed by atoms with Crippen molar-refractivity contribution < 1.29 is 0 Å². The second kappa shape index (κ2) is 5.13. The summed E-state index contributed by atoms with van der Waals surface area (Å²) < 4.78 is 0. The minimum absolute atomic E-state index is 0.820. The lowest BCUT2D eigenvalue weighted by Crippen LogP contribution is -2.38. The number of hydrogen-bond donors (Lipinski definition) is 1. The normalized spacial score (nSPS) is 31.9. The first kappa shape index (κ1) is 10.4. The summed E-state index contributed by atoms with van der Waals surface area (Å²) >= 11 is 0. The maximum Gasteiger partial charge on any atom is 0.00700 e. The molecule has 2 aliphatic heterocycles. The Morgan fingerprint density at radius 1 is 1.29 bits per heavy atom. The van der Waals surface area contributed by atoms with Gasteiger partial charge in [0, 0.05) is 6.04 Å². The molecule has 2 atom stereocenters. The Kier molecular flexibility index (Phi) is 3.82. The molecule has 2 rings (SSSR count). The molecular weight excluding hydrogens is 172 g/mol. The summed E-state index contributed by atoms with van der Waals surface area (Å²) in [4.78, 5) is 2.70. The molecule has 2 aliphatic rings. The third-order valence-corrected chi connectivity index (χ3v) is 3.85. The molecule has 2 saturated heterocycles. The second-order valence-electron chi connectivity index (χ2n) is 5.04. The molecule has 0 spiro atoms. The lowest BCUT2D eigenvalue weighted by Gasteiger charge is -2.33. The SMILES string of the molecule is CC(CC1CCNC1)N1CCCCC1. The third-order valence-electron chi connectivity index (χ3n) is 3.85. The van der Waals surface area contributed by atoms with Crippen LogP contribution in [0.1, 0.15) is 39.0 Å². The maximum atomic E-state index is 3.46. The van der Waals surface area contributed by atoms with Crippen molar-refractivity contribution in [3.63, 3.8) is 0 Å². The molecule has 82 valence electrons. The van der Waals surface area contributed by atoms with Gasteiger partial charge in [0.05, 0.1) is 0 Å². The molecule has 0 aromatic rings. The van der Waals surface area contributed by atoms with Crippen molar-refractivity contribution in [2.75, 3.05) is 26.2 Å². The first-order valence-electron chi connectivity index (χ1n) is 6.31. The standard InChI is InChI=1S/C12H24N2/c1-11(9-12-5-6-13-10-12)14-7-3-2-4-8-14/h11-13H,2-10H2,1H3. The van der Waals surface area contributed by atoms with E-state index in [2.05, 4.69) is 17.1 Å². The fraction of sp³-hybridized carbons (Fsp3) is 1.00. The molecule has 2 unspecified atom stereocenters. The second-order valence-corrected chi connectivity index (χ2v) is 5.04. The molecule has 0 amide bonds. The number of nitrogens with zero attached hydrogens (tertiary/aromatic N) is 1. The highest BCUT2D eigenvalue weighted by atomic mass is 15.2. The Hall–Kier alpha value is -0.0800. The van der Waals surface area contributed by atoms with Gasteiger partial charge in [0.2, 0.25) is 0 Å². The summed E-state index contributed by atoms with van der Waals surface area (Å²) in [6.07, 6.45) is 7.11. The smallest absolute Gasteiger partial charge is 0.00700 e. The molecule has 14 heavy (non-hydrogen) atoms. The fourth-order valence-electron chi connectivity index (χ4n) is 2.91. The van der Waals surface area contributed by atoms with Crippen molar-refractivity contribution >= 4 is 0 Å². The summed E-state index contributed by atoms with van der Waals surface area (Å²) in [5.74, 6) is 0.951. The van der Waals surface area contributed by atoms with Gasteiger partial charge in [0.1, 0.15) is 0 Å². The van der Waals surface area contributed by atoms with Crippen LogP contribution in [0.4, 0.5) is 0 Å². The van der Waals surface area contributed by atoms with E-state index in [1.807, 2.05) is 0 Å². The van der Waals surface area contributed by atoms with Crippen molar-refractivity contribution in [3.8, 4) is 0 Å². The monoisotopic (exact) mass is 196 g/mol. The van der Waals surface area contributed by atoms with Gasteiger partial charge in [-0.2, -0.15) is 0 Å². The highest BCUT2D eigenvalue weighted by molar-refractivity contribution is 4.78. The zero-order valence-corrected chi connectivity index (χ0v) is 9.47. The minimum Gasteiger partial charge on any atom is -0.316 e. The predicted octanol–water partition coefficient (Wildman–Crippen LogP) is 1.86. The van der Waals surface area contributed by atoms with Crippen LogP contribution in [0.3, 0.4) is 0 Å². The number of nitrogens with one attached hydrogen (secondary N) is 1. The average molecular weight is 196 g/mol. The lowest BCUT2D eigenvalue weighted by molar-refractivity contribution is 0.154. The van der Waals surface area contributed by atoms with Crippen molar-refractivity contribution in [1.29, 1.82) is 0 Å². The Bertz CT molecular complexity index is 158. The molecule has 0 radical (unpaired) electrons. The van der Waals surface area contributed by atoms with E-state index < -0.39 is 0 Å². The number of piperidine rings is 1. The van der Waals surface area contributed by atoms with E-state index in [4.69, 9.17) is 0 Å². The number of likely N-dealkylation sites (tertiary alicyclic amines) is 1. The summed E-state index contributed by atoms with van der Waals surface area (Å²) in [7, 11) is 0. The van der Waals surface area contributed by atoms with Gasteiger partial charge in [-0.1, -0.05) is 6.42 Å². The Balaban J connectivity index is 1.72. The van der Waals surface area contributed by atoms with Gasteiger partial charge in [0.15, 0.2) is 0 Å². The van der Waals surface area contributed by atoms with Crippen molar-refractivity contribution in [2.24, 2.45) is 5.92 Å². The average Bonchev–Trinajstić information content (AvgIpc) is 2.72. The van der Waals surface area contributed by atoms with E-state index in [1.54, 1.807) is 0 Å². The van der Waals surface area contributed by atoms with Crippen LogP contribution in [0.25, 0.3) is 0 Å². The van der Waals surface area contributed by atoms with Gasteiger partial charge in [-0.15, -0.1) is 0 Å². The van der Waals surface area contributed by atoms with E-state index in [-0.39, 0.29) is 0 Å². The predicted molar refractivity (Wildman–Crippen MR) is 60.5 cm³/mol. The van der Waals surface area contributed by atoms with Crippen LogP contribution in [0, 0.1) is 5.92 Å². The van der Waals surface area contributed by atoms with Crippen molar-refractivity contribution in [3.05, 3.63) is 0 Å². The zero-order valence-electron chi connectivity index (χ0n) is 9.47. The van der Waals surface area contributed by atoms with Gasteiger partial charge in [-0.3, -0.25) is 0 Å². The van der Waals surface area contributed by atoms with Crippen LogP contribution >= 0.6 is 0 Å². The molecule has 0 aromatic heterocycles. The summed E-state index contributed by atoms with van der Waals surface area (Å²) in [5.41, 5.74) is 0. The van der Waals surface area contributed by atoms with E-state index in [9.17, 15) is 0 Å². The number of rotatable bonds is 3. The van der Waals surface area contributed by atoms with Gasteiger partial charge in [0.25, 0.3) is 0 Å². The maximum absolute atomic E-state index is 3.46. The fourth-order valence-corrected chi connectivity index (χ4v) is 2.91. The van der Waals surface area contributed by atoms with Crippen molar-refractivity contribution in [1.82, 2.24) is 10.2 Å². The molecule has 1 N–H and O–H groups in total. The number of hydrogen-bond acceptors (Lipinski definition) is 2. The van der Waals surface area contributed by atoms with Crippen LogP contribution in [-0.2, 0) is 0 Å². The molecule has 0 aliphatic carbocycles. The molecule has 2 heterocycles. The third kappa shape index (κ3) is 2.71. The van der Waals surface area contributed by atoms with Gasteiger partial charge >= 0.3 is 0 Å². The molecule has 2 heteroatoms. The van der Waals surface area contributed by atoms with Crippen LogP contribution < -0.4 is 5.32 Å². The van der Waals surface area contributed by atoms with E-state index in [1.165, 1.54) is 58.3 Å². The lowest BCUT2D eigenvalue weighted by atomic mass is 9.97. The minimum atomic E-state index is 0.820. The molecular formula is C12H24N2. The first-order chi connectivity index (χ1) is 6.86. The molecule has 2 fully saturated rings. The Morgan fingerprint density at radius 2 is 2.07 bits per heavy atom. The molecule has 0 saturated carbocycles. The highest BCUT2D eigenvalue weighted by Crippen LogP contribution is 2.20. The van der Waals surface area contributed by atoms with Gasteiger partial charge < -0.3 is 10.2 Å². The summed E-state index contributed by atoms with van der Waals surface area (Å²) in [6, 6.07) is 0.820. The highest BCUT2D eigenvalue weighted by Gasteiger charge is 2.22. The van der Waals surface area contributed by atoms with E-state index in [0.717, 1.165) is 12.0 Å². The topological polar surface area (TPSA) is 15.3 Å². The van der Waals surface area contributed by atoms with E-state index >= 15 is 0 Å². The van der Waals surface area contributed by atoms with Crippen molar-refractivity contribution in [2.45, 2.75) is 45.1 Å². The van der Waals surface area contributed by atoms with E-state index in [0.29, 0.717) is 0 Å². The Labute approximate surface area is 88.1 Å². The van der Waals surface area contributed by atoms with Crippen LogP contribution in [-0.4, -0.2) is 37.1 Å². The van der Waals surface area contributed by atoms with Gasteiger partial charge in [-0.05, 0) is 64.7 Å². The Morgan fingerprint density at radius 3 is 2.71 bits per heavy atom.